The summed E-state index contributed by atoms with van der Waals surface area (Å²) < 4.78 is 29.7. The van der Waals surface area contributed by atoms with E-state index in [1.165, 1.54) is 13.3 Å². The van der Waals surface area contributed by atoms with Crippen LogP contribution in [0.3, 0.4) is 0 Å². The highest BCUT2D eigenvalue weighted by Crippen LogP contribution is 2.63. The number of ether oxygens (including phenoxy) is 2. The van der Waals surface area contributed by atoms with Crippen LogP contribution in [0.2, 0.25) is 5.02 Å². The number of para-hydroxylation sites is 1. The van der Waals surface area contributed by atoms with Crippen LogP contribution in [0.15, 0.2) is 29.2 Å². The molecular weight excluding hydrogens is 443 g/mol. The zero-order chi connectivity index (χ0) is 20.6. The Labute approximate surface area is 176 Å². The predicted octanol–water partition coefficient (Wildman–Crippen LogP) is 3.54. The lowest BCUT2D eigenvalue weighted by Crippen LogP contribution is -2.22. The molecule has 3 unspecified atom stereocenters. The fraction of sp³-hybridized carbons (Fsp3) is 0.412. The Balaban J connectivity index is 1.40. The second-order valence-corrected chi connectivity index (χ2v) is 8.94. The summed E-state index contributed by atoms with van der Waals surface area (Å²) in [7, 11) is -2.04. The van der Waals surface area contributed by atoms with Gasteiger partial charge >= 0.3 is 8.17 Å². The van der Waals surface area contributed by atoms with Crippen LogP contribution in [0.4, 0.5) is 0 Å². The largest absolute Gasteiger partial charge is 0.619 e. The van der Waals surface area contributed by atoms with Gasteiger partial charge in [-0.05, 0) is 31.1 Å². The van der Waals surface area contributed by atoms with Crippen molar-refractivity contribution in [1.29, 1.82) is 0 Å². The molecule has 2 aliphatic rings. The molecule has 4 rings (SSSR count). The van der Waals surface area contributed by atoms with Gasteiger partial charge < -0.3 is 9.47 Å². The smallest absolute Gasteiger partial charge is 0.493 e. The third kappa shape index (κ3) is 4.34. The second kappa shape index (κ2) is 8.31. The Kier molecular flexibility index (Phi) is 5.94. The number of nitrogens with zero attached hydrogens (tertiary/aromatic N) is 1. The lowest BCUT2D eigenvalue weighted by molar-refractivity contribution is -0.0294. The fourth-order valence-corrected chi connectivity index (χ4v) is 4.85. The molecule has 3 atom stereocenters. The van der Waals surface area contributed by atoms with Gasteiger partial charge in [-0.15, -0.1) is 9.05 Å². The van der Waals surface area contributed by atoms with E-state index in [0.29, 0.717) is 24.3 Å². The Hall–Kier alpha value is -1.52. The Bertz CT molecular complexity index is 1020. The maximum absolute atomic E-state index is 11.5. The van der Waals surface area contributed by atoms with Crippen molar-refractivity contribution < 1.29 is 27.9 Å². The number of nitrogens with one attached hydrogen (secondary N) is 1. The van der Waals surface area contributed by atoms with Gasteiger partial charge in [-0.1, -0.05) is 23.7 Å². The SMILES string of the molecule is COc1cccc2c1O[P+](O)(OCC1CCC(n3cc(Cl)c(=O)[nH]c3=S)O1)OC2. The van der Waals surface area contributed by atoms with E-state index in [9.17, 15) is 9.69 Å². The number of rotatable bonds is 5. The summed E-state index contributed by atoms with van der Waals surface area (Å²) in [5, 5.41) is 0.0266. The minimum Gasteiger partial charge on any atom is -0.493 e. The number of benzene rings is 1. The van der Waals surface area contributed by atoms with Crippen molar-refractivity contribution in [1.82, 2.24) is 9.55 Å². The van der Waals surface area contributed by atoms with Crippen molar-refractivity contribution in [3.8, 4) is 11.5 Å². The number of hydrogen-bond acceptors (Lipinski definition) is 8. The summed E-state index contributed by atoms with van der Waals surface area (Å²) in [4.78, 5) is 24.7. The summed E-state index contributed by atoms with van der Waals surface area (Å²) in [6.07, 6.45) is 2.03. The molecule has 3 heterocycles. The topological polar surface area (TPSA) is 104 Å². The fourth-order valence-electron chi connectivity index (χ4n) is 3.16. The van der Waals surface area contributed by atoms with Crippen LogP contribution in [0, 0.1) is 4.77 Å². The van der Waals surface area contributed by atoms with Gasteiger partial charge in [0.15, 0.2) is 10.5 Å². The molecule has 1 aromatic heterocycles. The molecule has 1 aromatic carbocycles. The first-order valence-corrected chi connectivity index (χ1v) is 11.1. The maximum Gasteiger partial charge on any atom is 0.619 e. The number of methoxy groups -OCH3 is 1. The molecule has 29 heavy (non-hydrogen) atoms. The van der Waals surface area contributed by atoms with Gasteiger partial charge in [0.05, 0.1) is 13.2 Å². The minimum atomic E-state index is -3.56. The molecular formula is C17H19ClN2O7PS+. The molecule has 2 aromatic rings. The molecule has 156 valence electrons. The summed E-state index contributed by atoms with van der Waals surface area (Å²) >= 11 is 11.1. The third-order valence-corrected chi connectivity index (χ3v) is 6.54. The van der Waals surface area contributed by atoms with Crippen molar-refractivity contribution in [2.24, 2.45) is 0 Å². The van der Waals surface area contributed by atoms with E-state index in [0.717, 1.165) is 5.56 Å². The van der Waals surface area contributed by atoms with E-state index in [1.807, 2.05) is 12.1 Å². The Morgan fingerprint density at radius 1 is 1.45 bits per heavy atom. The number of halogens is 1. The standard InChI is InChI=1S/C17H18ClN2O7PS/c1-23-13-4-2-3-10-8-24-28(22,27-15(10)13)25-9-11-5-6-14(26-11)20-7-12(18)16(21)19-17(20)29/h2-4,7,11,14,22H,5-6,8-9H2,1H3/p+1. The van der Waals surface area contributed by atoms with Crippen LogP contribution in [-0.2, 0) is 20.4 Å². The van der Waals surface area contributed by atoms with Gasteiger partial charge in [0.1, 0.15) is 24.5 Å². The first kappa shape index (κ1) is 20.7. The molecule has 12 heteroatoms. The number of aromatic nitrogens is 2. The molecule has 0 saturated carbocycles. The summed E-state index contributed by atoms with van der Waals surface area (Å²) in [5.74, 6) is 0.908. The van der Waals surface area contributed by atoms with Gasteiger partial charge in [0.2, 0.25) is 5.75 Å². The lowest BCUT2D eigenvalue weighted by atomic mass is 10.2. The van der Waals surface area contributed by atoms with Crippen LogP contribution in [-0.4, -0.2) is 34.3 Å². The highest BCUT2D eigenvalue weighted by atomic mass is 35.5. The zero-order valence-corrected chi connectivity index (χ0v) is 17.8. The number of hydrogen-bond donors (Lipinski definition) is 2. The summed E-state index contributed by atoms with van der Waals surface area (Å²) in [5.41, 5.74) is 0.319. The highest BCUT2D eigenvalue weighted by molar-refractivity contribution is 7.71. The zero-order valence-electron chi connectivity index (χ0n) is 15.4. The van der Waals surface area contributed by atoms with Crippen molar-refractivity contribution in [2.45, 2.75) is 31.8 Å². The van der Waals surface area contributed by atoms with E-state index in [2.05, 4.69) is 4.98 Å². The van der Waals surface area contributed by atoms with Crippen LogP contribution in [0.1, 0.15) is 24.6 Å². The van der Waals surface area contributed by atoms with Crippen molar-refractivity contribution in [3.63, 3.8) is 0 Å². The number of H-pyrrole nitrogens is 1. The number of fused-ring (bicyclic) bond motifs is 1. The van der Waals surface area contributed by atoms with E-state index in [4.69, 9.17) is 46.9 Å². The Morgan fingerprint density at radius 3 is 3.07 bits per heavy atom. The van der Waals surface area contributed by atoms with Gasteiger partial charge in [-0.3, -0.25) is 18.9 Å². The summed E-state index contributed by atoms with van der Waals surface area (Å²) in [6.45, 7) is 0.214. The van der Waals surface area contributed by atoms with Gasteiger partial charge in [-0.2, -0.15) is 4.89 Å². The van der Waals surface area contributed by atoms with E-state index in [1.54, 1.807) is 10.6 Å². The molecule has 0 radical (unpaired) electrons. The van der Waals surface area contributed by atoms with Crippen molar-refractivity contribution in [3.05, 3.63) is 50.1 Å². The van der Waals surface area contributed by atoms with Crippen LogP contribution in [0.5, 0.6) is 11.5 Å². The van der Waals surface area contributed by atoms with Gasteiger partial charge in [0, 0.05) is 11.8 Å². The predicted molar refractivity (Wildman–Crippen MR) is 108 cm³/mol. The highest BCUT2D eigenvalue weighted by Gasteiger charge is 2.52. The number of aromatic amines is 1. The summed E-state index contributed by atoms with van der Waals surface area (Å²) in [6, 6.07) is 5.37. The van der Waals surface area contributed by atoms with E-state index < -0.39 is 20.0 Å². The molecule has 0 bridgehead atoms. The lowest BCUT2D eigenvalue weighted by Gasteiger charge is -2.23. The normalized spacial score (nSPS) is 26.0. The quantitative estimate of drug-likeness (QED) is 0.514. The molecule has 0 spiro atoms. The van der Waals surface area contributed by atoms with E-state index in [-0.39, 0.29) is 29.1 Å². The second-order valence-electron chi connectivity index (χ2n) is 6.51. The van der Waals surface area contributed by atoms with E-state index >= 15 is 0 Å². The molecule has 1 fully saturated rings. The molecule has 2 aliphatic heterocycles. The molecule has 0 aliphatic carbocycles. The molecule has 2 N–H and O–H groups in total. The third-order valence-electron chi connectivity index (χ3n) is 4.61. The first-order valence-electron chi connectivity index (χ1n) is 8.81. The first-order chi connectivity index (χ1) is 13.9. The monoisotopic (exact) mass is 461 g/mol. The average molecular weight is 462 g/mol. The minimum absolute atomic E-state index is 0.0266. The van der Waals surface area contributed by atoms with Crippen molar-refractivity contribution in [2.75, 3.05) is 13.7 Å². The maximum atomic E-state index is 11.5. The van der Waals surface area contributed by atoms with Gasteiger partial charge in [0.25, 0.3) is 5.56 Å². The molecule has 1 saturated heterocycles. The van der Waals surface area contributed by atoms with Crippen molar-refractivity contribution >= 4 is 32.0 Å². The molecule has 9 nitrogen and oxygen atoms in total. The van der Waals surface area contributed by atoms with Crippen LogP contribution < -0.4 is 14.8 Å². The van der Waals surface area contributed by atoms with Crippen LogP contribution >= 0.6 is 32.0 Å². The average Bonchev–Trinajstić information content (AvgIpc) is 3.17. The van der Waals surface area contributed by atoms with Crippen LogP contribution in [0.25, 0.3) is 0 Å². The Morgan fingerprint density at radius 2 is 2.28 bits per heavy atom. The van der Waals surface area contributed by atoms with Gasteiger partial charge in [-0.25, -0.2) is 0 Å². The molecule has 0 amide bonds.